The number of benzene rings is 1. The van der Waals surface area contributed by atoms with Gasteiger partial charge in [-0.1, -0.05) is 39.0 Å². The fraction of sp³-hybridized carbons (Fsp3) is 0.500. The summed E-state index contributed by atoms with van der Waals surface area (Å²) in [4.78, 5) is 23.0. The van der Waals surface area contributed by atoms with E-state index in [0.29, 0.717) is 6.42 Å². The first-order valence-corrected chi connectivity index (χ1v) is 6.91. The topological polar surface area (TPSA) is 75.6 Å². The molecule has 1 aromatic rings. The van der Waals surface area contributed by atoms with Gasteiger partial charge in [-0.2, -0.15) is 0 Å². The van der Waals surface area contributed by atoms with Crippen LogP contribution in [0.15, 0.2) is 24.3 Å². The van der Waals surface area contributed by atoms with Crippen molar-refractivity contribution in [1.29, 1.82) is 0 Å². The number of carboxylic acid groups (broad SMARTS) is 1. The first-order valence-electron chi connectivity index (χ1n) is 6.91. The lowest BCUT2D eigenvalue weighted by atomic mass is 9.84. The summed E-state index contributed by atoms with van der Waals surface area (Å²) in [6, 6.07) is 7.56. The molecule has 0 saturated carbocycles. The van der Waals surface area contributed by atoms with E-state index in [9.17, 15) is 9.59 Å². The van der Waals surface area contributed by atoms with E-state index < -0.39 is 17.3 Å². The van der Waals surface area contributed by atoms with Gasteiger partial charge in [-0.05, 0) is 18.1 Å². The molecule has 5 nitrogen and oxygen atoms in total. The minimum atomic E-state index is -0.919. The summed E-state index contributed by atoms with van der Waals surface area (Å²) in [6.45, 7) is 5.36. The summed E-state index contributed by atoms with van der Waals surface area (Å²) in [6.07, 6.45) is 0.518. The molecular formula is C16H23NO4. The van der Waals surface area contributed by atoms with Crippen LogP contribution in [-0.2, 0) is 16.0 Å². The summed E-state index contributed by atoms with van der Waals surface area (Å²) >= 11 is 0. The van der Waals surface area contributed by atoms with Crippen LogP contribution in [0, 0.1) is 11.3 Å². The molecule has 0 fully saturated rings. The number of para-hydroxylation sites is 1. The van der Waals surface area contributed by atoms with E-state index >= 15 is 0 Å². The number of carbonyl (C=O) groups excluding carboxylic acids is 1. The highest BCUT2D eigenvalue weighted by Crippen LogP contribution is 2.27. The van der Waals surface area contributed by atoms with Gasteiger partial charge in [0.15, 0.2) is 0 Å². The second kappa shape index (κ2) is 7.11. The van der Waals surface area contributed by atoms with Gasteiger partial charge in [-0.3, -0.25) is 9.59 Å². The smallest absolute Gasteiger partial charge is 0.308 e. The predicted octanol–water partition coefficient (Wildman–Crippen LogP) is 2.10. The molecule has 1 aromatic carbocycles. The van der Waals surface area contributed by atoms with Gasteiger partial charge in [0.2, 0.25) is 5.91 Å². The van der Waals surface area contributed by atoms with Gasteiger partial charge >= 0.3 is 5.97 Å². The number of hydrogen-bond donors (Lipinski definition) is 2. The molecule has 0 saturated heterocycles. The van der Waals surface area contributed by atoms with Crippen molar-refractivity contribution in [3.8, 4) is 5.75 Å². The first kappa shape index (κ1) is 17.0. The summed E-state index contributed by atoms with van der Waals surface area (Å²) < 4.78 is 5.29. The third-order valence-corrected chi connectivity index (χ3v) is 3.43. The summed E-state index contributed by atoms with van der Waals surface area (Å²) in [5, 5.41) is 11.5. The first-order chi connectivity index (χ1) is 9.77. The molecule has 0 radical (unpaired) electrons. The average Bonchev–Trinajstić information content (AvgIpc) is 2.44. The van der Waals surface area contributed by atoms with Crippen LogP contribution in [0.2, 0.25) is 0 Å². The number of carbonyl (C=O) groups is 2. The lowest BCUT2D eigenvalue weighted by molar-refractivity contribution is -0.141. The molecule has 0 spiro atoms. The molecule has 5 heteroatoms. The zero-order chi connectivity index (χ0) is 16.0. The molecule has 21 heavy (non-hydrogen) atoms. The van der Waals surface area contributed by atoms with Gasteiger partial charge in [0.1, 0.15) is 5.75 Å². The molecule has 0 aromatic heterocycles. The summed E-state index contributed by atoms with van der Waals surface area (Å²) in [5.74, 6) is -0.937. The monoisotopic (exact) mass is 293 g/mol. The van der Waals surface area contributed by atoms with Crippen molar-refractivity contribution in [2.45, 2.75) is 27.2 Å². The standard InChI is InChI=1S/C16H23NO4/c1-11(14(18)19)10-17-15(20)16(2,3)9-12-7-5-6-8-13(12)21-4/h5-8,11H,9-10H2,1-4H3,(H,17,20)(H,18,19). The van der Waals surface area contributed by atoms with Crippen LogP contribution < -0.4 is 10.1 Å². The number of amides is 1. The molecule has 116 valence electrons. The maximum absolute atomic E-state index is 12.3. The van der Waals surface area contributed by atoms with Crippen molar-refractivity contribution in [2.24, 2.45) is 11.3 Å². The van der Waals surface area contributed by atoms with Crippen molar-refractivity contribution in [3.05, 3.63) is 29.8 Å². The lowest BCUT2D eigenvalue weighted by Gasteiger charge is -2.25. The quantitative estimate of drug-likeness (QED) is 0.807. The maximum Gasteiger partial charge on any atom is 0.308 e. The van der Waals surface area contributed by atoms with Gasteiger partial charge in [-0.15, -0.1) is 0 Å². The molecule has 0 bridgehead atoms. The maximum atomic E-state index is 12.3. The number of ether oxygens (including phenoxy) is 1. The molecule has 0 aliphatic carbocycles. The molecule has 1 atom stereocenters. The molecule has 1 amide bonds. The van der Waals surface area contributed by atoms with Crippen LogP contribution >= 0.6 is 0 Å². The highest BCUT2D eigenvalue weighted by molar-refractivity contribution is 5.82. The number of hydrogen-bond acceptors (Lipinski definition) is 3. The highest BCUT2D eigenvalue weighted by Gasteiger charge is 2.29. The van der Waals surface area contributed by atoms with Crippen LogP contribution in [0.5, 0.6) is 5.75 Å². The van der Waals surface area contributed by atoms with E-state index in [2.05, 4.69) is 5.32 Å². The third kappa shape index (κ3) is 4.77. The van der Waals surface area contributed by atoms with Crippen LogP contribution in [0.25, 0.3) is 0 Å². The molecule has 0 aliphatic rings. The van der Waals surface area contributed by atoms with E-state index in [1.54, 1.807) is 14.0 Å². The predicted molar refractivity (Wildman–Crippen MR) is 80.3 cm³/mol. The summed E-state index contributed by atoms with van der Waals surface area (Å²) in [7, 11) is 1.60. The molecule has 0 aliphatic heterocycles. The zero-order valence-corrected chi connectivity index (χ0v) is 13.0. The Morgan fingerprint density at radius 1 is 1.33 bits per heavy atom. The Balaban J connectivity index is 2.71. The van der Waals surface area contributed by atoms with Crippen LogP contribution in [0.1, 0.15) is 26.3 Å². The van der Waals surface area contributed by atoms with E-state index in [0.717, 1.165) is 11.3 Å². The van der Waals surface area contributed by atoms with Gasteiger partial charge in [0.25, 0.3) is 0 Å². The second-order valence-electron chi connectivity index (χ2n) is 5.82. The molecule has 1 rings (SSSR count). The van der Waals surface area contributed by atoms with Crippen LogP contribution in [0.4, 0.5) is 0 Å². The number of aliphatic carboxylic acids is 1. The Morgan fingerprint density at radius 2 is 1.95 bits per heavy atom. The van der Waals surface area contributed by atoms with Crippen molar-refractivity contribution in [3.63, 3.8) is 0 Å². The van der Waals surface area contributed by atoms with E-state index in [1.807, 2.05) is 38.1 Å². The second-order valence-corrected chi connectivity index (χ2v) is 5.82. The fourth-order valence-corrected chi connectivity index (χ4v) is 1.98. The van der Waals surface area contributed by atoms with E-state index in [1.165, 1.54) is 0 Å². The number of carboxylic acids is 1. The van der Waals surface area contributed by atoms with Crippen molar-refractivity contribution < 1.29 is 19.4 Å². The lowest BCUT2D eigenvalue weighted by Crippen LogP contribution is -2.41. The molecule has 2 N–H and O–H groups in total. The van der Waals surface area contributed by atoms with Crippen LogP contribution in [0.3, 0.4) is 0 Å². The number of nitrogens with one attached hydrogen (secondary N) is 1. The van der Waals surface area contributed by atoms with E-state index in [4.69, 9.17) is 9.84 Å². The summed E-state index contributed by atoms with van der Waals surface area (Å²) in [5.41, 5.74) is 0.304. The molecular weight excluding hydrogens is 270 g/mol. The Kier molecular flexibility index (Phi) is 5.76. The normalized spacial score (nSPS) is 12.6. The van der Waals surface area contributed by atoms with Gasteiger partial charge in [0.05, 0.1) is 13.0 Å². The fourth-order valence-electron chi connectivity index (χ4n) is 1.98. The molecule has 1 unspecified atom stereocenters. The average molecular weight is 293 g/mol. The van der Waals surface area contributed by atoms with Gasteiger partial charge < -0.3 is 15.2 Å². The Morgan fingerprint density at radius 3 is 2.52 bits per heavy atom. The van der Waals surface area contributed by atoms with Gasteiger partial charge in [-0.25, -0.2) is 0 Å². The number of rotatable bonds is 7. The van der Waals surface area contributed by atoms with Crippen molar-refractivity contribution in [1.82, 2.24) is 5.32 Å². The Hall–Kier alpha value is -2.04. The van der Waals surface area contributed by atoms with Crippen LogP contribution in [-0.4, -0.2) is 30.6 Å². The Labute approximate surface area is 125 Å². The third-order valence-electron chi connectivity index (χ3n) is 3.43. The highest BCUT2D eigenvalue weighted by atomic mass is 16.5. The van der Waals surface area contributed by atoms with Gasteiger partial charge in [0, 0.05) is 12.0 Å². The zero-order valence-electron chi connectivity index (χ0n) is 13.0. The minimum Gasteiger partial charge on any atom is -0.496 e. The molecule has 0 heterocycles. The Bertz CT molecular complexity index is 511. The van der Waals surface area contributed by atoms with Crippen molar-refractivity contribution >= 4 is 11.9 Å². The minimum absolute atomic E-state index is 0.128. The SMILES string of the molecule is COc1ccccc1CC(C)(C)C(=O)NCC(C)C(=O)O. The van der Waals surface area contributed by atoms with Crippen molar-refractivity contribution in [2.75, 3.05) is 13.7 Å². The number of methoxy groups -OCH3 is 1. The van der Waals surface area contributed by atoms with E-state index in [-0.39, 0.29) is 12.5 Å². The largest absolute Gasteiger partial charge is 0.496 e.